The van der Waals surface area contributed by atoms with Crippen LogP contribution in [-0.4, -0.2) is 16.2 Å². The van der Waals surface area contributed by atoms with Crippen molar-refractivity contribution in [1.29, 1.82) is 0 Å². The van der Waals surface area contributed by atoms with E-state index in [2.05, 4.69) is 240 Å². The van der Waals surface area contributed by atoms with E-state index in [0.717, 1.165) is 45.1 Å². The summed E-state index contributed by atoms with van der Waals surface area (Å²) in [5.74, 6) is 2.43. The summed E-state index contributed by atoms with van der Waals surface area (Å²) < 4.78 is 9.10. The van der Waals surface area contributed by atoms with Crippen molar-refractivity contribution in [2.45, 2.75) is 78.6 Å². The molecule has 0 N–H and O–H groups in total. The summed E-state index contributed by atoms with van der Waals surface area (Å²) in [6, 6.07) is 61.6. The summed E-state index contributed by atoms with van der Waals surface area (Å²) in [6.07, 6.45) is 1.93. The van der Waals surface area contributed by atoms with Gasteiger partial charge >= 0.3 is 0 Å². The van der Waals surface area contributed by atoms with Gasteiger partial charge in [0.25, 0.3) is 0 Å². The van der Waals surface area contributed by atoms with Crippen molar-refractivity contribution in [1.82, 2.24) is 9.55 Å². The summed E-state index contributed by atoms with van der Waals surface area (Å²) in [5, 5.41) is 2.32. The van der Waals surface area contributed by atoms with Crippen LogP contribution in [0.25, 0.3) is 49.9 Å². The maximum atomic E-state index is 6.82. The molecule has 324 valence electrons. The Morgan fingerprint density at radius 1 is 0.415 bits per heavy atom. The molecule has 9 aromatic rings. The van der Waals surface area contributed by atoms with Gasteiger partial charge in [0.15, 0.2) is 0 Å². The Bertz CT molecular complexity index is 3210. The van der Waals surface area contributed by atoms with E-state index < -0.39 is 0 Å². The third kappa shape index (κ3) is 8.05. The molecule has 10 rings (SSSR count). The Balaban J connectivity index is 1.01. The molecule has 0 saturated heterocycles. The zero-order valence-corrected chi connectivity index (χ0v) is 39.1. The number of fused-ring (bicyclic) bond motifs is 4. The number of pyridine rings is 1. The summed E-state index contributed by atoms with van der Waals surface area (Å²) in [4.78, 5) is 9.79. The van der Waals surface area contributed by atoms with Crippen molar-refractivity contribution in [3.63, 3.8) is 0 Å². The Morgan fingerprint density at radius 3 is 1.77 bits per heavy atom. The van der Waals surface area contributed by atoms with E-state index in [-0.39, 0.29) is 16.2 Å². The van der Waals surface area contributed by atoms with Crippen molar-refractivity contribution in [2.75, 3.05) is 16.5 Å². The molecule has 0 fully saturated rings. The average Bonchev–Trinajstić information content (AvgIpc) is 3.84. The lowest BCUT2D eigenvalue weighted by Crippen LogP contribution is -2.24. The van der Waals surface area contributed by atoms with Crippen LogP contribution in [-0.2, 0) is 16.2 Å². The second-order valence-electron chi connectivity index (χ2n) is 20.7. The number of hydrogen-bond donors (Lipinski definition) is 0. The van der Waals surface area contributed by atoms with E-state index in [1.807, 2.05) is 12.3 Å². The number of benzene rings is 7. The zero-order valence-electron chi connectivity index (χ0n) is 39.1. The molecule has 0 radical (unpaired) electrons. The third-order valence-electron chi connectivity index (χ3n) is 13.0. The lowest BCUT2D eigenvalue weighted by Gasteiger charge is -2.27. The molecule has 7 aromatic carbocycles. The zero-order chi connectivity index (χ0) is 45.3. The number of anilines is 4. The highest BCUT2D eigenvalue weighted by Gasteiger charge is 2.30. The summed E-state index contributed by atoms with van der Waals surface area (Å²) in [7, 11) is 0. The van der Waals surface area contributed by atoms with Crippen LogP contribution in [0.1, 0.15) is 79.0 Å². The van der Waals surface area contributed by atoms with Crippen LogP contribution < -0.4 is 14.5 Å². The number of nitrogens with zero attached hydrogens (tertiary/aromatic N) is 4. The first-order valence-electron chi connectivity index (χ1n) is 22.9. The van der Waals surface area contributed by atoms with Gasteiger partial charge in [-0.2, -0.15) is 0 Å². The van der Waals surface area contributed by atoms with Gasteiger partial charge < -0.3 is 14.5 Å². The fourth-order valence-electron chi connectivity index (χ4n) is 9.16. The molecule has 5 heteroatoms. The van der Waals surface area contributed by atoms with Crippen molar-refractivity contribution < 1.29 is 4.74 Å². The Hall–Kier alpha value is -7.11. The van der Waals surface area contributed by atoms with Gasteiger partial charge in [-0.3, -0.25) is 4.57 Å². The molecule has 0 saturated carbocycles. The van der Waals surface area contributed by atoms with Crippen LogP contribution in [0, 0.1) is 0 Å². The molecule has 0 atom stereocenters. The lowest BCUT2D eigenvalue weighted by molar-refractivity contribution is 0.483. The quantitative estimate of drug-likeness (QED) is 0.160. The first-order valence-corrected chi connectivity index (χ1v) is 22.9. The maximum Gasteiger partial charge on any atom is 0.137 e. The normalized spacial score (nSPS) is 13.2. The van der Waals surface area contributed by atoms with Crippen molar-refractivity contribution in [3.05, 3.63) is 193 Å². The fraction of sp³-hybridized carbons (Fsp3) is 0.217. The molecule has 0 spiro atoms. The van der Waals surface area contributed by atoms with Gasteiger partial charge in [-0.25, -0.2) is 4.98 Å². The average molecular weight is 851 g/mol. The van der Waals surface area contributed by atoms with E-state index in [0.29, 0.717) is 6.67 Å². The van der Waals surface area contributed by atoms with E-state index in [1.165, 1.54) is 55.7 Å². The number of aromatic nitrogens is 2. The molecule has 5 nitrogen and oxygen atoms in total. The standard InChI is InChI=1S/C60H58N4O/c1-58(2,3)44-25-22-41(23-26-44)43-32-46(60(7,8)9)35-48(33-43)63-39-62(54-20-13-14-21-55(54)63)47-18-15-19-49(37-47)65-50-27-28-51-52-34-42(40-16-11-10-12-17-40)24-29-53(52)64(56(51)38-50)57-36-45(30-31-61-57)59(4,5)6/h10-38H,39H2,1-9H3. The molecule has 1 aliphatic rings. The molecule has 3 heterocycles. The number of hydrogen-bond acceptors (Lipinski definition) is 4. The minimum Gasteiger partial charge on any atom is -0.457 e. The number of ether oxygens (including phenoxy) is 1. The van der Waals surface area contributed by atoms with Crippen LogP contribution in [0.3, 0.4) is 0 Å². The fourth-order valence-corrected chi connectivity index (χ4v) is 9.16. The van der Waals surface area contributed by atoms with Crippen LogP contribution in [0.5, 0.6) is 11.5 Å². The van der Waals surface area contributed by atoms with Crippen LogP contribution in [0.4, 0.5) is 22.7 Å². The third-order valence-corrected chi connectivity index (χ3v) is 13.0. The molecular weight excluding hydrogens is 793 g/mol. The van der Waals surface area contributed by atoms with Crippen LogP contribution in [0.2, 0.25) is 0 Å². The second-order valence-corrected chi connectivity index (χ2v) is 20.7. The maximum absolute atomic E-state index is 6.82. The van der Waals surface area contributed by atoms with Crippen molar-refractivity contribution >= 4 is 44.6 Å². The van der Waals surface area contributed by atoms with Gasteiger partial charge in [0.1, 0.15) is 24.0 Å². The smallest absolute Gasteiger partial charge is 0.137 e. The molecular formula is C60H58N4O. The summed E-state index contributed by atoms with van der Waals surface area (Å²) >= 11 is 0. The lowest BCUT2D eigenvalue weighted by atomic mass is 9.83. The SMILES string of the molecule is CC(C)(C)c1ccc(-c2cc(N3CN(c4cccc(Oc5ccc6c7cc(-c8ccccc8)ccc7n(-c7cc(C(C)(C)C)ccn7)c6c5)c4)c4ccccc43)cc(C(C)(C)C)c2)cc1. The predicted molar refractivity (Wildman–Crippen MR) is 274 cm³/mol. The Labute approximate surface area is 384 Å². The number of rotatable bonds is 7. The van der Waals surface area contributed by atoms with Gasteiger partial charge in [0, 0.05) is 40.5 Å². The minimum absolute atomic E-state index is 0.0264. The van der Waals surface area contributed by atoms with E-state index in [4.69, 9.17) is 9.72 Å². The molecule has 1 aliphatic heterocycles. The summed E-state index contributed by atoms with van der Waals surface area (Å²) in [5.41, 5.74) is 15.5. The molecule has 2 aromatic heterocycles. The Kier molecular flexibility index (Phi) is 10.2. The van der Waals surface area contributed by atoms with Gasteiger partial charge in [-0.15, -0.1) is 0 Å². The van der Waals surface area contributed by atoms with Crippen molar-refractivity contribution in [2.24, 2.45) is 0 Å². The largest absolute Gasteiger partial charge is 0.457 e. The van der Waals surface area contributed by atoms with E-state index >= 15 is 0 Å². The molecule has 0 unspecified atom stereocenters. The van der Waals surface area contributed by atoms with Gasteiger partial charge in [0.2, 0.25) is 0 Å². The van der Waals surface area contributed by atoms with E-state index in [9.17, 15) is 0 Å². The second kappa shape index (κ2) is 15.8. The molecule has 0 bridgehead atoms. The highest BCUT2D eigenvalue weighted by molar-refractivity contribution is 6.10. The first-order chi connectivity index (χ1) is 31.1. The van der Waals surface area contributed by atoms with Gasteiger partial charge in [-0.1, -0.05) is 147 Å². The Morgan fingerprint density at radius 2 is 1.06 bits per heavy atom. The highest BCUT2D eigenvalue weighted by Crippen LogP contribution is 2.47. The summed E-state index contributed by atoms with van der Waals surface area (Å²) in [6.45, 7) is 21.1. The van der Waals surface area contributed by atoms with E-state index in [1.54, 1.807) is 0 Å². The van der Waals surface area contributed by atoms with Crippen LogP contribution in [0.15, 0.2) is 176 Å². The van der Waals surface area contributed by atoms with Crippen LogP contribution >= 0.6 is 0 Å². The predicted octanol–water partition coefficient (Wildman–Crippen LogP) is 16.4. The molecule has 0 aliphatic carbocycles. The topological polar surface area (TPSA) is 33.5 Å². The first kappa shape index (κ1) is 41.9. The molecule has 65 heavy (non-hydrogen) atoms. The van der Waals surface area contributed by atoms with Crippen molar-refractivity contribution in [3.8, 4) is 39.6 Å². The minimum atomic E-state index is -0.0316. The molecule has 0 amide bonds. The van der Waals surface area contributed by atoms with Gasteiger partial charge in [-0.05, 0) is 128 Å². The number of para-hydroxylation sites is 2. The monoisotopic (exact) mass is 850 g/mol. The highest BCUT2D eigenvalue weighted by atomic mass is 16.5. The van der Waals surface area contributed by atoms with Gasteiger partial charge in [0.05, 0.1) is 22.4 Å².